The number of nitrogens with zero attached hydrogens (tertiary/aromatic N) is 2. The maximum absolute atomic E-state index is 6.11. The fourth-order valence-corrected chi connectivity index (χ4v) is 2.67. The molecule has 3 nitrogen and oxygen atoms in total. The Morgan fingerprint density at radius 2 is 2.05 bits per heavy atom. The van der Waals surface area contributed by atoms with Gasteiger partial charge in [-0.25, -0.2) is 9.97 Å². The molecule has 19 heavy (non-hydrogen) atoms. The molecule has 1 fully saturated rings. The van der Waals surface area contributed by atoms with Crippen molar-refractivity contribution < 1.29 is 4.74 Å². The third-order valence-electron chi connectivity index (χ3n) is 3.66. The second-order valence-electron chi connectivity index (χ2n) is 5.13. The zero-order valence-electron chi connectivity index (χ0n) is 10.4. The summed E-state index contributed by atoms with van der Waals surface area (Å²) in [5, 5.41) is 0.531. The molecule has 1 aromatic carbocycles. The molecule has 2 aromatic rings. The third-order valence-corrected chi connectivity index (χ3v) is 3.85. The van der Waals surface area contributed by atoms with Crippen LogP contribution in [0, 0.1) is 0 Å². The normalized spacial score (nSPS) is 17.1. The summed E-state index contributed by atoms with van der Waals surface area (Å²) in [7, 11) is 0. The predicted octanol–water partition coefficient (Wildman–Crippen LogP) is 3.61. The number of rotatable bonds is 2. The van der Waals surface area contributed by atoms with Gasteiger partial charge in [0.25, 0.3) is 0 Å². The smallest absolute Gasteiger partial charge is 0.161 e. The van der Waals surface area contributed by atoms with Crippen molar-refractivity contribution in [2.24, 2.45) is 0 Å². The van der Waals surface area contributed by atoms with Crippen molar-refractivity contribution in [2.75, 3.05) is 6.61 Å². The van der Waals surface area contributed by atoms with E-state index in [1.165, 1.54) is 18.4 Å². The van der Waals surface area contributed by atoms with E-state index < -0.39 is 0 Å². The van der Waals surface area contributed by atoms with Gasteiger partial charge in [-0.15, -0.1) is 0 Å². The highest BCUT2D eigenvalue weighted by Crippen LogP contribution is 2.40. The average molecular weight is 273 g/mol. The van der Waals surface area contributed by atoms with Crippen LogP contribution in [0.5, 0.6) is 5.75 Å². The van der Waals surface area contributed by atoms with Crippen LogP contribution >= 0.6 is 11.6 Å². The molecule has 0 bridgehead atoms. The van der Waals surface area contributed by atoms with E-state index >= 15 is 0 Å². The SMILES string of the molecule is Clc1cc(C2CC2)nc(-c2ccc3c(c2)CCO3)n1. The highest BCUT2D eigenvalue weighted by molar-refractivity contribution is 6.29. The van der Waals surface area contributed by atoms with Crippen LogP contribution in [0.3, 0.4) is 0 Å². The first-order chi connectivity index (χ1) is 9.29. The minimum atomic E-state index is 0.531. The first kappa shape index (κ1) is 11.2. The number of benzene rings is 1. The minimum absolute atomic E-state index is 0.531. The summed E-state index contributed by atoms with van der Waals surface area (Å²) in [5.74, 6) is 2.29. The largest absolute Gasteiger partial charge is 0.493 e. The van der Waals surface area contributed by atoms with Gasteiger partial charge in [0.2, 0.25) is 0 Å². The zero-order chi connectivity index (χ0) is 12.8. The van der Waals surface area contributed by atoms with Gasteiger partial charge in [0, 0.05) is 23.6 Å². The Balaban J connectivity index is 1.79. The number of fused-ring (bicyclic) bond motifs is 1. The van der Waals surface area contributed by atoms with Crippen molar-refractivity contribution in [1.29, 1.82) is 0 Å². The summed E-state index contributed by atoms with van der Waals surface area (Å²) in [6.45, 7) is 0.766. The Labute approximate surface area is 116 Å². The molecule has 2 heterocycles. The van der Waals surface area contributed by atoms with Gasteiger partial charge in [0.05, 0.1) is 6.61 Å². The lowest BCUT2D eigenvalue weighted by Crippen LogP contribution is -1.95. The van der Waals surface area contributed by atoms with E-state index in [0.29, 0.717) is 11.1 Å². The summed E-state index contributed by atoms with van der Waals surface area (Å²) in [6, 6.07) is 8.01. The average Bonchev–Trinajstić information content (AvgIpc) is 3.16. The van der Waals surface area contributed by atoms with Crippen molar-refractivity contribution in [3.8, 4) is 17.1 Å². The van der Waals surface area contributed by atoms with Crippen LogP contribution in [-0.2, 0) is 6.42 Å². The molecule has 0 spiro atoms. The molecule has 96 valence electrons. The number of ether oxygens (including phenoxy) is 1. The Bertz CT molecular complexity index is 653. The van der Waals surface area contributed by atoms with Gasteiger partial charge in [-0.1, -0.05) is 11.6 Å². The van der Waals surface area contributed by atoms with Crippen LogP contribution in [0.4, 0.5) is 0 Å². The molecule has 2 aliphatic rings. The number of hydrogen-bond acceptors (Lipinski definition) is 3. The number of hydrogen-bond donors (Lipinski definition) is 0. The summed E-state index contributed by atoms with van der Waals surface area (Å²) < 4.78 is 5.52. The van der Waals surface area contributed by atoms with Crippen molar-refractivity contribution in [2.45, 2.75) is 25.2 Å². The van der Waals surface area contributed by atoms with Crippen molar-refractivity contribution in [3.05, 3.63) is 40.7 Å². The van der Waals surface area contributed by atoms with Gasteiger partial charge in [-0.2, -0.15) is 0 Å². The van der Waals surface area contributed by atoms with Crippen molar-refractivity contribution in [3.63, 3.8) is 0 Å². The lowest BCUT2D eigenvalue weighted by Gasteiger charge is -2.06. The molecule has 4 rings (SSSR count). The van der Waals surface area contributed by atoms with E-state index in [2.05, 4.69) is 16.0 Å². The van der Waals surface area contributed by atoms with Crippen LogP contribution in [0.25, 0.3) is 11.4 Å². The maximum atomic E-state index is 6.11. The highest BCUT2D eigenvalue weighted by atomic mass is 35.5. The van der Waals surface area contributed by atoms with Crippen LogP contribution in [0.15, 0.2) is 24.3 Å². The first-order valence-corrected chi connectivity index (χ1v) is 6.98. The molecular weight excluding hydrogens is 260 g/mol. The van der Waals surface area contributed by atoms with Gasteiger partial charge in [0.1, 0.15) is 10.9 Å². The lowest BCUT2D eigenvalue weighted by molar-refractivity contribution is 0.357. The quantitative estimate of drug-likeness (QED) is 0.784. The Hall–Kier alpha value is -1.61. The molecule has 1 aliphatic heterocycles. The van der Waals surface area contributed by atoms with Gasteiger partial charge in [-0.3, -0.25) is 0 Å². The molecule has 0 atom stereocenters. The zero-order valence-corrected chi connectivity index (χ0v) is 11.2. The topological polar surface area (TPSA) is 35.0 Å². The molecule has 1 aliphatic carbocycles. The van der Waals surface area contributed by atoms with Crippen molar-refractivity contribution in [1.82, 2.24) is 9.97 Å². The summed E-state index contributed by atoms with van der Waals surface area (Å²) >= 11 is 6.11. The second-order valence-corrected chi connectivity index (χ2v) is 5.52. The van der Waals surface area contributed by atoms with E-state index in [1.54, 1.807) is 0 Å². The first-order valence-electron chi connectivity index (χ1n) is 6.60. The lowest BCUT2D eigenvalue weighted by atomic mass is 10.1. The molecule has 1 aromatic heterocycles. The maximum Gasteiger partial charge on any atom is 0.161 e. The van der Waals surface area contributed by atoms with Gasteiger partial charge >= 0.3 is 0 Å². The monoisotopic (exact) mass is 272 g/mol. The van der Waals surface area contributed by atoms with Crippen LogP contribution in [0.2, 0.25) is 5.15 Å². The van der Waals surface area contributed by atoms with Crippen LogP contribution in [0.1, 0.15) is 30.0 Å². The van der Waals surface area contributed by atoms with Crippen LogP contribution in [-0.4, -0.2) is 16.6 Å². The van der Waals surface area contributed by atoms with E-state index in [1.807, 2.05) is 18.2 Å². The Morgan fingerprint density at radius 1 is 1.16 bits per heavy atom. The fourth-order valence-electron chi connectivity index (χ4n) is 2.48. The van der Waals surface area contributed by atoms with E-state index in [-0.39, 0.29) is 0 Å². The van der Waals surface area contributed by atoms with Crippen molar-refractivity contribution >= 4 is 11.6 Å². The molecule has 0 radical (unpaired) electrons. The van der Waals surface area contributed by atoms with Crippen LogP contribution < -0.4 is 4.74 Å². The molecule has 0 amide bonds. The summed E-state index contributed by atoms with van der Waals surface area (Å²) in [6.07, 6.45) is 3.38. The van der Waals surface area contributed by atoms with E-state index in [4.69, 9.17) is 16.3 Å². The molecule has 4 heteroatoms. The van der Waals surface area contributed by atoms with E-state index in [9.17, 15) is 0 Å². The number of halogens is 1. The molecule has 0 unspecified atom stereocenters. The standard InChI is InChI=1S/C15H13ClN2O/c16-14-8-12(9-1-2-9)17-15(18-14)11-3-4-13-10(7-11)5-6-19-13/h3-4,7-9H,1-2,5-6H2. The molecule has 0 N–H and O–H groups in total. The predicted molar refractivity (Wildman–Crippen MR) is 73.7 cm³/mol. The number of aromatic nitrogens is 2. The Morgan fingerprint density at radius 3 is 2.89 bits per heavy atom. The minimum Gasteiger partial charge on any atom is -0.493 e. The fraction of sp³-hybridized carbons (Fsp3) is 0.333. The highest BCUT2D eigenvalue weighted by Gasteiger charge is 2.26. The molecule has 1 saturated carbocycles. The summed E-state index contributed by atoms with van der Waals surface area (Å²) in [5.41, 5.74) is 3.33. The Kier molecular flexibility index (Phi) is 2.49. The van der Waals surface area contributed by atoms with Gasteiger partial charge in [0.15, 0.2) is 5.82 Å². The molecular formula is C15H13ClN2O. The van der Waals surface area contributed by atoms with E-state index in [0.717, 1.165) is 35.9 Å². The van der Waals surface area contributed by atoms with Gasteiger partial charge < -0.3 is 4.74 Å². The second kappa shape index (κ2) is 4.20. The third kappa shape index (κ3) is 2.08. The molecule has 0 saturated heterocycles. The summed E-state index contributed by atoms with van der Waals surface area (Å²) in [4.78, 5) is 9.01. The van der Waals surface area contributed by atoms with Gasteiger partial charge in [-0.05, 0) is 42.7 Å².